The smallest absolute Gasteiger partial charge is 0.340 e. The zero-order valence-corrected chi connectivity index (χ0v) is 25.3. The van der Waals surface area contributed by atoms with Crippen LogP contribution in [0, 0.1) is 6.92 Å². The van der Waals surface area contributed by atoms with Crippen LogP contribution >= 0.6 is 11.6 Å². The molecule has 1 aromatic heterocycles. The highest BCUT2D eigenvalue weighted by Gasteiger charge is 2.33. The molecule has 2 aliphatic heterocycles. The van der Waals surface area contributed by atoms with Gasteiger partial charge in [-0.3, -0.25) is 9.69 Å². The molecule has 0 N–H and O–H groups in total. The van der Waals surface area contributed by atoms with E-state index in [-0.39, 0.29) is 18.6 Å². The molecule has 8 heteroatoms. The average molecular weight is 598 g/mol. The number of carbonyl (C=O) groups is 2. The lowest BCUT2D eigenvalue weighted by Crippen LogP contribution is -2.52. The molecule has 0 aliphatic carbocycles. The number of aromatic nitrogens is 1. The van der Waals surface area contributed by atoms with Crippen LogP contribution in [-0.2, 0) is 36.1 Å². The second-order valence-corrected chi connectivity index (χ2v) is 11.7. The van der Waals surface area contributed by atoms with Crippen molar-refractivity contribution in [1.82, 2.24) is 14.4 Å². The minimum atomic E-state index is -0.406. The third-order valence-corrected chi connectivity index (χ3v) is 8.88. The van der Waals surface area contributed by atoms with Crippen LogP contribution in [0.15, 0.2) is 78.9 Å². The van der Waals surface area contributed by atoms with E-state index in [1.807, 2.05) is 78.0 Å². The summed E-state index contributed by atoms with van der Waals surface area (Å²) in [5.74, 6) is -0.456. The molecule has 1 fully saturated rings. The fourth-order valence-electron chi connectivity index (χ4n) is 6.10. The van der Waals surface area contributed by atoms with E-state index in [9.17, 15) is 9.59 Å². The summed E-state index contributed by atoms with van der Waals surface area (Å²) < 4.78 is 13.1. The first-order valence-corrected chi connectivity index (χ1v) is 15.1. The van der Waals surface area contributed by atoms with Crippen molar-refractivity contribution in [2.75, 3.05) is 32.8 Å². The Balaban J connectivity index is 1.32. The monoisotopic (exact) mass is 597 g/mol. The minimum Gasteiger partial charge on any atom is -0.457 e. The molecule has 0 saturated carbocycles. The predicted octanol–water partition coefficient (Wildman–Crippen LogP) is 5.91. The van der Waals surface area contributed by atoms with Crippen molar-refractivity contribution in [1.29, 1.82) is 0 Å². The topological polar surface area (TPSA) is 64.0 Å². The van der Waals surface area contributed by atoms with Crippen molar-refractivity contribution in [3.05, 3.63) is 117 Å². The lowest BCUT2D eigenvalue weighted by molar-refractivity contribution is 0.0193. The number of hydrogen-bond acceptors (Lipinski definition) is 5. The van der Waals surface area contributed by atoms with Gasteiger partial charge in [0.1, 0.15) is 6.61 Å². The standard InChI is InChI=1S/C35H36ClN3O4/c1-24-31(35(41)43-23-25-8-4-3-5-9-25)20-33(37(24)2)32-19-28(36)12-13-30(32)34(40)39-21-27-11-7-6-10-26(27)18-29(39)22-38-14-16-42-17-15-38/h3-13,19-20,29H,14-18,21-23H2,1-2H3/t29-/m0/s1. The zero-order chi connectivity index (χ0) is 29.9. The van der Waals surface area contributed by atoms with Gasteiger partial charge in [-0.05, 0) is 54.3 Å². The first-order chi connectivity index (χ1) is 20.9. The van der Waals surface area contributed by atoms with Gasteiger partial charge < -0.3 is 18.9 Å². The number of amides is 1. The fraction of sp³-hybridized carbons (Fsp3) is 0.314. The number of halogens is 1. The Bertz CT molecular complexity index is 1630. The van der Waals surface area contributed by atoms with E-state index in [0.29, 0.717) is 41.5 Å². The highest BCUT2D eigenvalue weighted by molar-refractivity contribution is 6.31. The van der Waals surface area contributed by atoms with Crippen molar-refractivity contribution in [3.8, 4) is 11.3 Å². The molecule has 6 rings (SSSR count). The molecule has 222 valence electrons. The molecule has 0 radical (unpaired) electrons. The largest absolute Gasteiger partial charge is 0.457 e. The Morgan fingerprint density at radius 2 is 1.65 bits per heavy atom. The van der Waals surface area contributed by atoms with E-state index < -0.39 is 5.97 Å². The number of ether oxygens (including phenoxy) is 2. The fourth-order valence-corrected chi connectivity index (χ4v) is 6.28. The van der Waals surface area contributed by atoms with Crippen LogP contribution < -0.4 is 0 Å². The first-order valence-electron chi connectivity index (χ1n) is 14.7. The van der Waals surface area contributed by atoms with Gasteiger partial charge in [-0.25, -0.2) is 4.79 Å². The van der Waals surface area contributed by atoms with Crippen molar-refractivity contribution >= 4 is 23.5 Å². The Hall–Kier alpha value is -3.91. The number of esters is 1. The highest BCUT2D eigenvalue weighted by atomic mass is 35.5. The third-order valence-electron chi connectivity index (χ3n) is 8.64. The van der Waals surface area contributed by atoms with Crippen LogP contribution in [0.5, 0.6) is 0 Å². The second-order valence-electron chi connectivity index (χ2n) is 11.3. The molecule has 3 aromatic carbocycles. The van der Waals surface area contributed by atoms with Gasteiger partial charge in [0.2, 0.25) is 0 Å². The van der Waals surface area contributed by atoms with E-state index in [1.165, 1.54) is 11.1 Å². The van der Waals surface area contributed by atoms with Crippen LogP contribution in [0.25, 0.3) is 11.3 Å². The molecule has 1 atom stereocenters. The Kier molecular flexibility index (Phi) is 8.66. The van der Waals surface area contributed by atoms with Crippen LogP contribution in [0.2, 0.25) is 5.02 Å². The van der Waals surface area contributed by atoms with Crippen molar-refractivity contribution in [3.63, 3.8) is 0 Å². The quantitative estimate of drug-likeness (QED) is 0.248. The molecular weight excluding hydrogens is 562 g/mol. The predicted molar refractivity (Wildman–Crippen MR) is 167 cm³/mol. The van der Waals surface area contributed by atoms with Crippen molar-refractivity contribution in [2.24, 2.45) is 7.05 Å². The lowest BCUT2D eigenvalue weighted by Gasteiger charge is -2.40. The van der Waals surface area contributed by atoms with Crippen molar-refractivity contribution in [2.45, 2.75) is 32.5 Å². The third kappa shape index (κ3) is 6.25. The molecule has 0 spiro atoms. The van der Waals surface area contributed by atoms with Gasteiger partial charge in [-0.1, -0.05) is 66.2 Å². The number of morpholine rings is 1. The van der Waals surface area contributed by atoms with E-state index in [0.717, 1.165) is 43.0 Å². The Morgan fingerprint density at radius 3 is 2.42 bits per heavy atom. The molecular formula is C35H36ClN3O4. The molecule has 3 heterocycles. The molecule has 2 aliphatic rings. The summed E-state index contributed by atoms with van der Waals surface area (Å²) >= 11 is 6.52. The van der Waals surface area contributed by atoms with E-state index >= 15 is 0 Å². The summed E-state index contributed by atoms with van der Waals surface area (Å²) in [6.07, 6.45) is 0.795. The maximum atomic E-state index is 14.5. The first kappa shape index (κ1) is 29.2. The molecule has 7 nitrogen and oxygen atoms in total. The zero-order valence-electron chi connectivity index (χ0n) is 24.6. The highest BCUT2D eigenvalue weighted by Crippen LogP contribution is 2.34. The molecule has 0 unspecified atom stereocenters. The summed E-state index contributed by atoms with van der Waals surface area (Å²) in [6, 6.07) is 25.2. The van der Waals surface area contributed by atoms with Gasteiger partial charge >= 0.3 is 5.97 Å². The summed E-state index contributed by atoms with van der Waals surface area (Å²) in [5, 5.41) is 0.521. The van der Waals surface area contributed by atoms with Crippen LogP contribution in [0.1, 0.15) is 43.1 Å². The number of carbonyl (C=O) groups excluding carboxylic acids is 2. The van der Waals surface area contributed by atoms with E-state index in [2.05, 4.69) is 23.1 Å². The molecule has 0 bridgehead atoms. The van der Waals surface area contributed by atoms with Gasteiger partial charge in [0.15, 0.2) is 0 Å². The van der Waals surface area contributed by atoms with Crippen molar-refractivity contribution < 1.29 is 19.1 Å². The van der Waals surface area contributed by atoms with Crippen LogP contribution in [0.3, 0.4) is 0 Å². The van der Waals surface area contributed by atoms with Gasteiger partial charge in [0.05, 0.1) is 18.8 Å². The summed E-state index contributed by atoms with van der Waals surface area (Å²) in [7, 11) is 1.90. The normalized spacial score (nSPS) is 17.0. The van der Waals surface area contributed by atoms with Gasteiger partial charge in [0.25, 0.3) is 5.91 Å². The number of nitrogens with zero attached hydrogens (tertiary/aromatic N) is 3. The molecule has 43 heavy (non-hydrogen) atoms. The lowest BCUT2D eigenvalue weighted by atomic mass is 9.92. The molecule has 4 aromatic rings. The Morgan fingerprint density at radius 1 is 0.930 bits per heavy atom. The Labute approximate surface area is 257 Å². The second kappa shape index (κ2) is 12.8. The maximum Gasteiger partial charge on any atom is 0.340 e. The number of rotatable bonds is 7. The number of benzene rings is 3. The SMILES string of the molecule is Cc1c(C(=O)OCc2ccccc2)cc(-c2cc(Cl)ccc2C(=O)N2Cc3ccccc3C[C@H]2CN2CCOCC2)n1C. The van der Waals surface area contributed by atoms with E-state index in [1.54, 1.807) is 6.07 Å². The minimum absolute atomic E-state index is 0.0164. The van der Waals surface area contributed by atoms with Gasteiger partial charge in [-0.15, -0.1) is 0 Å². The maximum absolute atomic E-state index is 14.5. The van der Waals surface area contributed by atoms with Crippen LogP contribution in [0.4, 0.5) is 0 Å². The summed E-state index contributed by atoms with van der Waals surface area (Å²) in [4.78, 5) is 32.1. The molecule has 1 amide bonds. The number of fused-ring (bicyclic) bond motifs is 1. The molecule has 1 saturated heterocycles. The number of hydrogen-bond donors (Lipinski definition) is 0. The van der Waals surface area contributed by atoms with Gasteiger partial charge in [-0.2, -0.15) is 0 Å². The van der Waals surface area contributed by atoms with E-state index in [4.69, 9.17) is 21.1 Å². The summed E-state index contributed by atoms with van der Waals surface area (Å²) in [5.41, 5.74) is 6.57. The average Bonchev–Trinajstić information content (AvgIpc) is 3.33. The summed E-state index contributed by atoms with van der Waals surface area (Å²) in [6.45, 7) is 6.53. The van der Waals surface area contributed by atoms with Gasteiger partial charge in [0, 0.05) is 66.8 Å². The van der Waals surface area contributed by atoms with Crippen LogP contribution in [-0.4, -0.2) is 65.1 Å².